The molecule has 38 valence electrons. The van der Waals surface area contributed by atoms with Crippen LogP contribution in [0.5, 0.6) is 0 Å². The molecule has 0 aliphatic heterocycles. The first-order valence-electron chi connectivity index (χ1n) is 2.23. The van der Waals surface area contributed by atoms with Gasteiger partial charge in [-0.2, -0.15) is 0 Å². The number of carboxylic acid groups (broad SMARTS) is 1. The average molecular weight is 98.1 g/mol. The lowest BCUT2D eigenvalue weighted by Gasteiger charge is -2.06. The van der Waals surface area contributed by atoms with E-state index in [0.29, 0.717) is 5.57 Å². The van der Waals surface area contributed by atoms with Gasteiger partial charge in [0.2, 0.25) is 0 Å². The van der Waals surface area contributed by atoms with Crippen LogP contribution in [0.2, 0.25) is 0 Å². The highest BCUT2D eigenvalue weighted by Gasteiger charge is 2.11. The molecule has 2 heteroatoms. The van der Waals surface area contributed by atoms with Gasteiger partial charge in [0, 0.05) is 5.57 Å². The van der Waals surface area contributed by atoms with Crippen LogP contribution >= 0.6 is 0 Å². The highest BCUT2D eigenvalue weighted by Crippen LogP contribution is 2.16. The van der Waals surface area contributed by atoms with Crippen molar-refractivity contribution in [3.05, 3.63) is 11.6 Å². The molecule has 0 aromatic rings. The molecule has 1 aliphatic rings. The van der Waals surface area contributed by atoms with Gasteiger partial charge in [0.05, 0.1) is 0 Å². The third-order valence-electron chi connectivity index (χ3n) is 1.08. The summed E-state index contributed by atoms with van der Waals surface area (Å²) in [7, 11) is 0. The fourth-order valence-corrected chi connectivity index (χ4v) is 0.483. The normalized spacial score (nSPS) is 17.4. The summed E-state index contributed by atoms with van der Waals surface area (Å²) < 4.78 is 0. The Kier molecular flexibility index (Phi) is 0.855. The molecule has 0 saturated carbocycles. The highest BCUT2D eigenvalue weighted by molar-refractivity contribution is 5.87. The first-order valence-corrected chi connectivity index (χ1v) is 2.23. The van der Waals surface area contributed by atoms with Gasteiger partial charge in [-0.05, 0) is 12.8 Å². The van der Waals surface area contributed by atoms with Crippen molar-refractivity contribution in [3.63, 3.8) is 0 Å². The second kappa shape index (κ2) is 1.37. The number of aliphatic carboxylic acids is 1. The van der Waals surface area contributed by atoms with Gasteiger partial charge < -0.3 is 5.11 Å². The Balaban J connectivity index is 2.57. The molecule has 0 heterocycles. The molecule has 0 radical (unpaired) electrons. The maximum Gasteiger partial charge on any atom is 0.331 e. The molecule has 7 heavy (non-hydrogen) atoms. The summed E-state index contributed by atoms with van der Waals surface area (Å²) in [6.07, 6.45) is 3.44. The topological polar surface area (TPSA) is 37.3 Å². The SMILES string of the molecule is O=C(O)C1=CCC1. The Labute approximate surface area is 41.5 Å². The minimum atomic E-state index is -0.758. The molecule has 1 aliphatic carbocycles. The van der Waals surface area contributed by atoms with E-state index >= 15 is 0 Å². The molecule has 0 bridgehead atoms. The fourth-order valence-electron chi connectivity index (χ4n) is 0.483. The van der Waals surface area contributed by atoms with Crippen molar-refractivity contribution in [2.24, 2.45) is 0 Å². The summed E-state index contributed by atoms with van der Waals surface area (Å²) in [5, 5.41) is 8.16. The van der Waals surface area contributed by atoms with Gasteiger partial charge in [-0.25, -0.2) is 4.79 Å². The molecule has 0 aromatic carbocycles. The van der Waals surface area contributed by atoms with Crippen LogP contribution < -0.4 is 0 Å². The molecule has 0 aromatic heterocycles. The predicted molar refractivity (Wildman–Crippen MR) is 25.0 cm³/mol. The van der Waals surface area contributed by atoms with E-state index < -0.39 is 5.97 Å². The quantitative estimate of drug-likeness (QED) is 0.526. The van der Waals surface area contributed by atoms with Crippen molar-refractivity contribution in [2.75, 3.05) is 0 Å². The Morgan fingerprint density at radius 1 is 1.86 bits per heavy atom. The van der Waals surface area contributed by atoms with Crippen molar-refractivity contribution >= 4 is 5.97 Å². The van der Waals surface area contributed by atoms with Gasteiger partial charge in [-0.3, -0.25) is 0 Å². The maximum absolute atomic E-state index is 9.91. The molecule has 0 saturated heterocycles. The second-order valence-electron chi connectivity index (χ2n) is 1.57. The van der Waals surface area contributed by atoms with Gasteiger partial charge in [-0.1, -0.05) is 6.08 Å². The molecule has 2 nitrogen and oxygen atoms in total. The fraction of sp³-hybridized carbons (Fsp3) is 0.400. The van der Waals surface area contributed by atoms with Crippen LogP contribution in [0.15, 0.2) is 11.6 Å². The molecule has 0 amide bonds. The summed E-state index contributed by atoms with van der Waals surface area (Å²) >= 11 is 0. The third-order valence-corrected chi connectivity index (χ3v) is 1.08. The maximum atomic E-state index is 9.91. The Hall–Kier alpha value is -0.790. The van der Waals surface area contributed by atoms with E-state index in [0.717, 1.165) is 12.8 Å². The second-order valence-corrected chi connectivity index (χ2v) is 1.57. The lowest BCUT2D eigenvalue weighted by Crippen LogP contribution is -2.05. The third kappa shape index (κ3) is 0.633. The molecular formula is C5H6O2. The molecular weight excluding hydrogens is 92.1 g/mol. The van der Waals surface area contributed by atoms with E-state index in [1.165, 1.54) is 0 Å². The van der Waals surface area contributed by atoms with E-state index in [1.54, 1.807) is 6.08 Å². The number of carboxylic acids is 1. The van der Waals surface area contributed by atoms with Crippen molar-refractivity contribution in [3.8, 4) is 0 Å². The van der Waals surface area contributed by atoms with E-state index in [9.17, 15) is 4.79 Å². The van der Waals surface area contributed by atoms with Crippen molar-refractivity contribution in [1.82, 2.24) is 0 Å². The van der Waals surface area contributed by atoms with E-state index in [-0.39, 0.29) is 0 Å². The van der Waals surface area contributed by atoms with Crippen LogP contribution in [0, 0.1) is 0 Å². The lowest BCUT2D eigenvalue weighted by molar-refractivity contribution is -0.133. The first kappa shape index (κ1) is 4.37. The van der Waals surface area contributed by atoms with Gasteiger partial charge >= 0.3 is 5.97 Å². The molecule has 0 unspecified atom stereocenters. The zero-order valence-electron chi connectivity index (χ0n) is 3.85. The predicted octanol–water partition coefficient (Wildman–Crippen LogP) is 0.791. The summed E-state index contributed by atoms with van der Waals surface area (Å²) in [5.74, 6) is -0.758. The van der Waals surface area contributed by atoms with Crippen LogP contribution in [0.4, 0.5) is 0 Å². The van der Waals surface area contributed by atoms with Crippen molar-refractivity contribution in [1.29, 1.82) is 0 Å². The largest absolute Gasteiger partial charge is 0.478 e. The Bertz CT molecular complexity index is 124. The van der Waals surface area contributed by atoms with Crippen molar-refractivity contribution in [2.45, 2.75) is 12.8 Å². The number of rotatable bonds is 1. The van der Waals surface area contributed by atoms with Gasteiger partial charge in [-0.15, -0.1) is 0 Å². The number of allylic oxidation sites excluding steroid dienone is 1. The van der Waals surface area contributed by atoms with Gasteiger partial charge in [0.25, 0.3) is 0 Å². The number of carbonyl (C=O) groups is 1. The van der Waals surface area contributed by atoms with E-state index in [4.69, 9.17) is 5.11 Å². The van der Waals surface area contributed by atoms with Crippen LogP contribution in [0.1, 0.15) is 12.8 Å². The monoisotopic (exact) mass is 98.0 g/mol. The highest BCUT2D eigenvalue weighted by atomic mass is 16.4. The minimum absolute atomic E-state index is 0.569. The first-order chi connectivity index (χ1) is 3.30. The Morgan fingerprint density at radius 2 is 2.43 bits per heavy atom. The summed E-state index contributed by atoms with van der Waals surface area (Å²) in [4.78, 5) is 9.91. The van der Waals surface area contributed by atoms with Crippen molar-refractivity contribution < 1.29 is 9.90 Å². The van der Waals surface area contributed by atoms with Crippen LogP contribution in [-0.2, 0) is 4.79 Å². The molecule has 0 atom stereocenters. The van der Waals surface area contributed by atoms with Crippen LogP contribution in [-0.4, -0.2) is 11.1 Å². The molecule has 0 spiro atoms. The molecule has 1 N–H and O–H groups in total. The summed E-state index contributed by atoms with van der Waals surface area (Å²) in [6, 6.07) is 0. The lowest BCUT2D eigenvalue weighted by atomic mass is 10.00. The average Bonchev–Trinajstić information content (AvgIpc) is 1.23. The van der Waals surface area contributed by atoms with E-state index in [2.05, 4.69) is 0 Å². The zero-order chi connectivity index (χ0) is 5.28. The summed E-state index contributed by atoms with van der Waals surface area (Å²) in [6.45, 7) is 0. The molecule has 0 fully saturated rings. The number of hydrogen-bond donors (Lipinski definition) is 1. The molecule has 1 rings (SSSR count). The van der Waals surface area contributed by atoms with Gasteiger partial charge in [0.15, 0.2) is 0 Å². The van der Waals surface area contributed by atoms with Gasteiger partial charge in [0.1, 0.15) is 0 Å². The zero-order valence-corrected chi connectivity index (χ0v) is 3.85. The Morgan fingerprint density at radius 3 is 2.43 bits per heavy atom. The number of hydrogen-bond acceptors (Lipinski definition) is 1. The smallest absolute Gasteiger partial charge is 0.331 e. The van der Waals surface area contributed by atoms with Crippen LogP contribution in [0.25, 0.3) is 0 Å². The van der Waals surface area contributed by atoms with Crippen LogP contribution in [0.3, 0.4) is 0 Å². The minimum Gasteiger partial charge on any atom is -0.478 e. The standard InChI is InChI=1S/C5H6O2/c6-5(7)4-2-1-3-4/h2H,1,3H2,(H,6,7). The summed E-state index contributed by atoms with van der Waals surface area (Å²) in [5.41, 5.74) is 0.569. The van der Waals surface area contributed by atoms with E-state index in [1.807, 2.05) is 0 Å².